The van der Waals surface area contributed by atoms with Crippen LogP contribution in [0, 0.1) is 0 Å². The summed E-state index contributed by atoms with van der Waals surface area (Å²) >= 11 is 0. The van der Waals surface area contributed by atoms with Crippen LogP contribution in [0.2, 0.25) is 0 Å². The summed E-state index contributed by atoms with van der Waals surface area (Å²) in [6, 6.07) is 26.5. The molecule has 2 N–H and O–H groups in total. The van der Waals surface area contributed by atoms with Crippen LogP contribution in [-0.2, 0) is 10.8 Å². The van der Waals surface area contributed by atoms with E-state index >= 15 is 0 Å². The number of nitrogens with one attached hydrogen (secondary N) is 1. The van der Waals surface area contributed by atoms with Crippen LogP contribution < -0.4 is 10.2 Å². The average Bonchev–Trinajstić information content (AvgIpc) is 3.09. The van der Waals surface area contributed by atoms with Crippen LogP contribution in [0.4, 0.5) is 22.7 Å². The predicted molar refractivity (Wildman–Crippen MR) is 169 cm³/mol. The van der Waals surface area contributed by atoms with Gasteiger partial charge in [0, 0.05) is 29.4 Å². The number of hydrogen-bond acceptors (Lipinski definition) is 4. The Morgan fingerprint density at radius 3 is 2.07 bits per heavy atom. The molecule has 0 bridgehead atoms. The van der Waals surface area contributed by atoms with Gasteiger partial charge in [-0.2, -0.15) is 0 Å². The fraction of sp³-hybridized carbons (Fsp3) is 0.250. The number of carboxylic acid groups (broad SMARTS) is 1. The van der Waals surface area contributed by atoms with E-state index in [2.05, 4.69) is 57.1 Å². The fourth-order valence-corrected chi connectivity index (χ4v) is 6.14. The minimum Gasteiger partial charge on any atom is -0.478 e. The second kappa shape index (κ2) is 9.98. The largest absolute Gasteiger partial charge is 0.478 e. The summed E-state index contributed by atoms with van der Waals surface area (Å²) in [5, 5.41) is 12.5. The quantitative estimate of drug-likeness (QED) is 0.265. The molecule has 6 heteroatoms. The molecule has 0 aromatic heterocycles. The first kappa shape index (κ1) is 27.5. The zero-order valence-corrected chi connectivity index (χ0v) is 24.7. The molecule has 4 aromatic rings. The van der Waals surface area contributed by atoms with Gasteiger partial charge in [-0.05, 0) is 89.4 Å². The van der Waals surface area contributed by atoms with E-state index in [9.17, 15) is 14.7 Å². The van der Waals surface area contributed by atoms with Gasteiger partial charge >= 0.3 is 5.97 Å². The number of nitrogens with zero attached hydrogens (tertiary/aromatic N) is 2. The first-order chi connectivity index (χ1) is 19.9. The van der Waals surface area contributed by atoms with Crippen LogP contribution in [0.1, 0.15) is 83.5 Å². The molecule has 0 atom stereocenters. The third-order valence-corrected chi connectivity index (χ3v) is 8.85. The second-order valence-electron chi connectivity index (χ2n) is 12.6. The standard InChI is InChI=1S/C36H35N3O3/c1-35(2)17-18-36(3,4)28-21-31-26(20-27(28)35)32(22-11-13-24(14-12-22)34(41)42)38-29-19-25(15-16-30(29)39(31)5)37-33(40)23-9-7-6-8-10-23/h6-16,19-21H,17-18H2,1-5H3,(H,37,40)(H,41,42). The maximum absolute atomic E-state index is 12.9. The van der Waals surface area contributed by atoms with Crippen LogP contribution in [0.3, 0.4) is 0 Å². The summed E-state index contributed by atoms with van der Waals surface area (Å²) < 4.78 is 0. The minimum atomic E-state index is -0.966. The van der Waals surface area contributed by atoms with Gasteiger partial charge in [-0.25, -0.2) is 9.79 Å². The molecule has 0 fully saturated rings. The van der Waals surface area contributed by atoms with Crippen molar-refractivity contribution < 1.29 is 14.7 Å². The summed E-state index contributed by atoms with van der Waals surface area (Å²) in [7, 11) is 2.05. The number of rotatable bonds is 4. The first-order valence-corrected chi connectivity index (χ1v) is 14.3. The molecule has 0 unspecified atom stereocenters. The van der Waals surface area contributed by atoms with Crippen LogP contribution in [-0.4, -0.2) is 29.7 Å². The topological polar surface area (TPSA) is 82.0 Å². The lowest BCUT2D eigenvalue weighted by atomic mass is 9.62. The lowest BCUT2D eigenvalue weighted by Gasteiger charge is -2.43. The number of aliphatic imine (C=N–C) groups is 1. The van der Waals surface area contributed by atoms with Crippen LogP contribution >= 0.6 is 0 Å². The molecule has 212 valence electrons. The van der Waals surface area contributed by atoms with Crippen molar-refractivity contribution in [1.29, 1.82) is 0 Å². The smallest absolute Gasteiger partial charge is 0.335 e. The van der Waals surface area contributed by atoms with Crippen molar-refractivity contribution in [2.24, 2.45) is 4.99 Å². The zero-order chi connectivity index (χ0) is 29.8. The van der Waals surface area contributed by atoms with Crippen molar-refractivity contribution in [3.8, 4) is 0 Å². The Labute approximate surface area is 246 Å². The molecule has 0 saturated carbocycles. The number of aromatic carboxylic acids is 1. The van der Waals surface area contributed by atoms with Gasteiger partial charge in [0.25, 0.3) is 5.91 Å². The van der Waals surface area contributed by atoms with Crippen molar-refractivity contribution in [3.05, 3.63) is 118 Å². The number of fused-ring (bicyclic) bond motifs is 3. The molecule has 6 nitrogen and oxygen atoms in total. The van der Waals surface area contributed by atoms with Crippen molar-refractivity contribution in [1.82, 2.24) is 0 Å². The highest BCUT2D eigenvalue weighted by Crippen LogP contribution is 2.50. The second-order valence-corrected chi connectivity index (χ2v) is 12.6. The van der Waals surface area contributed by atoms with Gasteiger partial charge in [0.2, 0.25) is 0 Å². The van der Waals surface area contributed by atoms with Gasteiger partial charge in [0.1, 0.15) is 0 Å². The number of amides is 1. The lowest BCUT2D eigenvalue weighted by molar-refractivity contribution is 0.0696. The number of benzene rings is 4. The van der Waals surface area contributed by atoms with Crippen molar-refractivity contribution in [2.75, 3.05) is 17.3 Å². The predicted octanol–water partition coefficient (Wildman–Crippen LogP) is 8.24. The number of carbonyl (C=O) groups is 2. The highest BCUT2D eigenvalue weighted by molar-refractivity contribution is 6.19. The number of carbonyl (C=O) groups excluding carboxylic acids is 1. The van der Waals surface area contributed by atoms with E-state index in [1.165, 1.54) is 11.1 Å². The highest BCUT2D eigenvalue weighted by atomic mass is 16.4. The summed E-state index contributed by atoms with van der Waals surface area (Å²) in [5.74, 6) is -1.15. The molecular formula is C36H35N3O3. The Hall–Kier alpha value is -4.71. The SMILES string of the molecule is CN1c2ccc(NC(=O)c3ccccc3)cc2N=C(c2ccc(C(=O)O)cc2)c2cc3c(cc21)C(C)(C)CCC3(C)C. The monoisotopic (exact) mass is 557 g/mol. The van der Waals surface area contributed by atoms with Gasteiger partial charge in [0.05, 0.1) is 28.3 Å². The third kappa shape index (κ3) is 4.77. The Balaban J connectivity index is 1.54. The van der Waals surface area contributed by atoms with Crippen molar-refractivity contribution in [2.45, 2.75) is 51.4 Å². The van der Waals surface area contributed by atoms with E-state index < -0.39 is 5.97 Å². The van der Waals surface area contributed by atoms with E-state index in [-0.39, 0.29) is 22.3 Å². The molecular weight excluding hydrogens is 522 g/mol. The summed E-state index contributed by atoms with van der Waals surface area (Å²) in [6.45, 7) is 9.25. The molecule has 1 aliphatic heterocycles. The molecule has 1 amide bonds. The Morgan fingerprint density at radius 1 is 0.786 bits per heavy atom. The summed E-state index contributed by atoms with van der Waals surface area (Å²) in [6.07, 6.45) is 2.19. The number of hydrogen-bond donors (Lipinski definition) is 2. The van der Waals surface area contributed by atoms with Crippen molar-refractivity contribution >= 4 is 40.3 Å². The summed E-state index contributed by atoms with van der Waals surface area (Å²) in [5.41, 5.74) is 9.42. The molecule has 1 heterocycles. The molecule has 6 rings (SSSR count). The maximum Gasteiger partial charge on any atom is 0.335 e. The van der Waals surface area contributed by atoms with Gasteiger partial charge < -0.3 is 15.3 Å². The Morgan fingerprint density at radius 2 is 1.43 bits per heavy atom. The van der Waals surface area contributed by atoms with E-state index in [1.807, 2.05) is 48.5 Å². The fourth-order valence-electron chi connectivity index (χ4n) is 6.14. The van der Waals surface area contributed by atoms with Crippen molar-refractivity contribution in [3.63, 3.8) is 0 Å². The van der Waals surface area contributed by atoms with Gasteiger partial charge in [-0.15, -0.1) is 0 Å². The molecule has 2 aliphatic rings. The minimum absolute atomic E-state index is 0.00474. The van der Waals surface area contributed by atoms with E-state index in [0.29, 0.717) is 16.9 Å². The number of carboxylic acids is 1. The molecule has 4 aromatic carbocycles. The lowest BCUT2D eigenvalue weighted by Crippen LogP contribution is -2.34. The third-order valence-electron chi connectivity index (χ3n) is 8.85. The van der Waals surface area contributed by atoms with Gasteiger partial charge in [0.15, 0.2) is 0 Å². The first-order valence-electron chi connectivity index (χ1n) is 14.3. The molecule has 0 radical (unpaired) electrons. The molecule has 1 aliphatic carbocycles. The normalized spacial score (nSPS) is 16.3. The van der Waals surface area contributed by atoms with Gasteiger partial charge in [-0.1, -0.05) is 58.0 Å². The zero-order valence-electron chi connectivity index (χ0n) is 24.7. The molecule has 0 saturated heterocycles. The Bertz CT molecular complexity index is 1750. The van der Waals surface area contributed by atoms with E-state index in [0.717, 1.165) is 41.1 Å². The Kier molecular flexibility index (Phi) is 6.53. The highest BCUT2D eigenvalue weighted by Gasteiger charge is 2.39. The summed E-state index contributed by atoms with van der Waals surface area (Å²) in [4.78, 5) is 31.9. The average molecular weight is 558 g/mol. The van der Waals surface area contributed by atoms with Gasteiger partial charge in [-0.3, -0.25) is 4.79 Å². The maximum atomic E-state index is 12.9. The number of anilines is 3. The van der Waals surface area contributed by atoms with E-state index in [4.69, 9.17) is 4.99 Å². The van der Waals surface area contributed by atoms with Crippen LogP contribution in [0.25, 0.3) is 0 Å². The van der Waals surface area contributed by atoms with E-state index in [1.54, 1.807) is 24.3 Å². The molecule has 42 heavy (non-hydrogen) atoms. The van der Waals surface area contributed by atoms with Crippen LogP contribution in [0.5, 0.6) is 0 Å². The molecule has 0 spiro atoms. The van der Waals surface area contributed by atoms with Crippen LogP contribution in [0.15, 0.2) is 89.9 Å².